The molecule has 3 rings (SSSR count). The number of aromatic nitrogens is 1. The molecule has 2 aromatic carbocycles. The van der Waals surface area contributed by atoms with Crippen molar-refractivity contribution < 1.29 is 8.91 Å². The Hall–Kier alpha value is -2.62. The van der Waals surface area contributed by atoms with Crippen molar-refractivity contribution in [2.24, 2.45) is 0 Å². The molecule has 0 fully saturated rings. The van der Waals surface area contributed by atoms with Gasteiger partial charge in [0.1, 0.15) is 5.82 Å². The predicted octanol–water partition coefficient (Wildman–Crippen LogP) is 4.35. The zero-order chi connectivity index (χ0) is 15.0. The number of aryl methyl sites for hydroxylation is 2. The summed E-state index contributed by atoms with van der Waals surface area (Å²) in [4.78, 5) is 0. The molecule has 0 atom stereocenters. The molecule has 1 aromatic heterocycles. The minimum atomic E-state index is -0.277. The fourth-order valence-corrected chi connectivity index (χ4v) is 2.48. The molecule has 0 bridgehead atoms. The molecular formula is C17H15FN2O. The average molecular weight is 282 g/mol. The van der Waals surface area contributed by atoms with Crippen molar-refractivity contribution in [3.05, 3.63) is 59.4 Å². The Labute approximate surface area is 122 Å². The fraction of sp³-hybridized carbons (Fsp3) is 0.118. The molecule has 106 valence electrons. The molecule has 2 N–H and O–H groups in total. The number of hydrogen-bond acceptors (Lipinski definition) is 3. The molecule has 0 saturated carbocycles. The Morgan fingerprint density at radius 1 is 1.00 bits per heavy atom. The molecule has 0 spiro atoms. The van der Waals surface area contributed by atoms with Crippen molar-refractivity contribution in [3.63, 3.8) is 0 Å². The number of halogens is 1. The standard InChI is InChI=1S/C17H15FN2O/c1-10-5-3-4-6-13(10)15-16(21-20-17(15)19)14-8-7-12(18)9-11(14)2/h3-9H,1-2H3,(H2,19,20). The van der Waals surface area contributed by atoms with E-state index in [-0.39, 0.29) is 5.82 Å². The van der Waals surface area contributed by atoms with Gasteiger partial charge in [-0.2, -0.15) is 0 Å². The van der Waals surface area contributed by atoms with E-state index >= 15 is 0 Å². The van der Waals surface area contributed by atoms with E-state index in [1.807, 2.05) is 38.1 Å². The molecule has 0 unspecified atom stereocenters. The number of rotatable bonds is 2. The van der Waals surface area contributed by atoms with Crippen LogP contribution in [0.1, 0.15) is 11.1 Å². The molecule has 21 heavy (non-hydrogen) atoms. The van der Waals surface area contributed by atoms with Crippen LogP contribution in [0.2, 0.25) is 0 Å². The van der Waals surface area contributed by atoms with Gasteiger partial charge in [-0.15, -0.1) is 0 Å². The summed E-state index contributed by atoms with van der Waals surface area (Å²) >= 11 is 0. The van der Waals surface area contributed by atoms with Crippen molar-refractivity contribution in [3.8, 4) is 22.5 Å². The van der Waals surface area contributed by atoms with Crippen LogP contribution in [0.25, 0.3) is 22.5 Å². The summed E-state index contributed by atoms with van der Waals surface area (Å²) in [7, 11) is 0. The van der Waals surface area contributed by atoms with E-state index in [9.17, 15) is 4.39 Å². The van der Waals surface area contributed by atoms with E-state index in [2.05, 4.69) is 5.16 Å². The first kappa shape index (κ1) is 13.4. The van der Waals surface area contributed by atoms with Gasteiger partial charge in [0.2, 0.25) is 0 Å². The largest absolute Gasteiger partial charge is 0.380 e. The highest BCUT2D eigenvalue weighted by Gasteiger charge is 2.20. The van der Waals surface area contributed by atoms with Crippen molar-refractivity contribution >= 4 is 5.82 Å². The highest BCUT2D eigenvalue weighted by molar-refractivity contribution is 5.88. The van der Waals surface area contributed by atoms with E-state index in [1.54, 1.807) is 6.07 Å². The van der Waals surface area contributed by atoms with Gasteiger partial charge in [-0.3, -0.25) is 0 Å². The van der Waals surface area contributed by atoms with Crippen LogP contribution in [0.15, 0.2) is 47.0 Å². The topological polar surface area (TPSA) is 52.0 Å². The Morgan fingerprint density at radius 3 is 2.48 bits per heavy atom. The molecule has 0 aliphatic rings. The first-order chi connectivity index (χ1) is 10.1. The first-order valence-corrected chi connectivity index (χ1v) is 6.65. The smallest absolute Gasteiger partial charge is 0.177 e. The van der Waals surface area contributed by atoms with Gasteiger partial charge in [-0.1, -0.05) is 29.4 Å². The highest BCUT2D eigenvalue weighted by atomic mass is 19.1. The third kappa shape index (κ3) is 2.29. The lowest BCUT2D eigenvalue weighted by Gasteiger charge is -2.08. The lowest BCUT2D eigenvalue weighted by molar-refractivity contribution is 0.436. The number of benzene rings is 2. The van der Waals surface area contributed by atoms with Crippen LogP contribution in [0.4, 0.5) is 10.2 Å². The second-order valence-electron chi connectivity index (χ2n) is 5.05. The Bertz CT molecular complexity index is 808. The van der Waals surface area contributed by atoms with Crippen LogP contribution in [0.3, 0.4) is 0 Å². The number of nitrogens with zero attached hydrogens (tertiary/aromatic N) is 1. The van der Waals surface area contributed by atoms with Crippen LogP contribution in [-0.4, -0.2) is 5.16 Å². The second kappa shape index (κ2) is 5.05. The molecule has 0 aliphatic heterocycles. The third-order valence-electron chi connectivity index (χ3n) is 3.57. The zero-order valence-electron chi connectivity index (χ0n) is 11.9. The molecule has 0 amide bonds. The lowest BCUT2D eigenvalue weighted by atomic mass is 9.96. The maximum atomic E-state index is 13.3. The predicted molar refractivity (Wildman–Crippen MR) is 81.2 cm³/mol. The summed E-state index contributed by atoms with van der Waals surface area (Å²) < 4.78 is 18.7. The molecule has 3 nitrogen and oxygen atoms in total. The van der Waals surface area contributed by atoms with E-state index < -0.39 is 0 Å². The zero-order valence-corrected chi connectivity index (χ0v) is 11.9. The number of nitrogen functional groups attached to an aromatic ring is 1. The quantitative estimate of drug-likeness (QED) is 0.760. The number of anilines is 1. The van der Waals surface area contributed by atoms with Crippen molar-refractivity contribution in [1.82, 2.24) is 5.16 Å². The fourth-order valence-electron chi connectivity index (χ4n) is 2.48. The van der Waals surface area contributed by atoms with Gasteiger partial charge in [0.05, 0.1) is 5.56 Å². The Kier molecular flexibility index (Phi) is 3.22. The first-order valence-electron chi connectivity index (χ1n) is 6.65. The van der Waals surface area contributed by atoms with E-state index in [1.165, 1.54) is 12.1 Å². The van der Waals surface area contributed by atoms with E-state index in [4.69, 9.17) is 10.3 Å². The lowest BCUT2D eigenvalue weighted by Crippen LogP contribution is -1.92. The Morgan fingerprint density at radius 2 is 1.76 bits per heavy atom. The summed E-state index contributed by atoms with van der Waals surface area (Å²) in [5, 5.41) is 3.88. The van der Waals surface area contributed by atoms with Crippen molar-refractivity contribution in [2.45, 2.75) is 13.8 Å². The molecule has 0 aliphatic carbocycles. The van der Waals surface area contributed by atoms with Gasteiger partial charge in [0.15, 0.2) is 11.6 Å². The second-order valence-corrected chi connectivity index (χ2v) is 5.05. The van der Waals surface area contributed by atoms with Crippen LogP contribution >= 0.6 is 0 Å². The van der Waals surface area contributed by atoms with Crippen LogP contribution in [0.5, 0.6) is 0 Å². The maximum absolute atomic E-state index is 13.3. The summed E-state index contributed by atoms with van der Waals surface area (Å²) in [5.74, 6) is 0.628. The number of nitrogens with two attached hydrogens (primary N) is 1. The average Bonchev–Trinajstić information content (AvgIpc) is 2.81. The molecule has 4 heteroatoms. The van der Waals surface area contributed by atoms with Gasteiger partial charge >= 0.3 is 0 Å². The van der Waals surface area contributed by atoms with Gasteiger partial charge in [-0.25, -0.2) is 4.39 Å². The molecule has 0 radical (unpaired) electrons. The van der Waals surface area contributed by atoms with Crippen LogP contribution in [0, 0.1) is 19.7 Å². The van der Waals surface area contributed by atoms with E-state index in [0.717, 1.165) is 27.8 Å². The SMILES string of the molecule is Cc1cc(F)ccc1-c1onc(N)c1-c1ccccc1C. The van der Waals surface area contributed by atoms with Crippen LogP contribution < -0.4 is 5.73 Å². The molecule has 0 saturated heterocycles. The number of hydrogen-bond donors (Lipinski definition) is 1. The van der Waals surface area contributed by atoms with Gasteiger partial charge < -0.3 is 10.3 Å². The monoisotopic (exact) mass is 282 g/mol. The molecule has 3 aromatic rings. The minimum Gasteiger partial charge on any atom is -0.380 e. The van der Waals surface area contributed by atoms with Gasteiger partial charge in [0.25, 0.3) is 0 Å². The van der Waals surface area contributed by atoms with Crippen LogP contribution in [-0.2, 0) is 0 Å². The summed E-state index contributed by atoms with van der Waals surface area (Å²) in [6, 6.07) is 12.4. The van der Waals surface area contributed by atoms with Crippen molar-refractivity contribution in [2.75, 3.05) is 5.73 Å². The normalized spacial score (nSPS) is 10.8. The highest BCUT2D eigenvalue weighted by Crippen LogP contribution is 2.39. The molecular weight excluding hydrogens is 267 g/mol. The van der Waals surface area contributed by atoms with Gasteiger partial charge in [0, 0.05) is 5.56 Å². The van der Waals surface area contributed by atoms with Gasteiger partial charge in [-0.05, 0) is 48.7 Å². The summed E-state index contributed by atoms with van der Waals surface area (Å²) in [5.41, 5.74) is 10.3. The Balaban J connectivity index is 2.25. The van der Waals surface area contributed by atoms with Crippen molar-refractivity contribution in [1.29, 1.82) is 0 Å². The summed E-state index contributed by atoms with van der Waals surface area (Å²) in [6.45, 7) is 3.84. The molecule has 1 heterocycles. The minimum absolute atomic E-state index is 0.277. The van der Waals surface area contributed by atoms with E-state index in [0.29, 0.717) is 11.6 Å². The maximum Gasteiger partial charge on any atom is 0.177 e. The summed E-state index contributed by atoms with van der Waals surface area (Å²) in [6.07, 6.45) is 0. The third-order valence-corrected chi connectivity index (χ3v) is 3.57.